The average molecular weight is 320 g/mol. The third-order valence-electron chi connectivity index (χ3n) is 3.54. The van der Waals surface area contributed by atoms with Gasteiger partial charge < -0.3 is 9.47 Å². The summed E-state index contributed by atoms with van der Waals surface area (Å²) >= 11 is 0. The van der Waals surface area contributed by atoms with Crippen molar-refractivity contribution in [1.82, 2.24) is 10.2 Å². The predicted octanol–water partition coefficient (Wildman–Crippen LogP) is 3.54. The van der Waals surface area contributed by atoms with Crippen molar-refractivity contribution in [1.29, 1.82) is 0 Å². The fourth-order valence-electron chi connectivity index (χ4n) is 2.33. The number of ether oxygens (including phenoxy) is 2. The number of rotatable bonds is 6. The zero-order chi connectivity index (χ0) is 16.8. The van der Waals surface area contributed by atoms with E-state index in [1.54, 1.807) is 25.3 Å². The molecule has 0 spiro atoms. The average Bonchev–Trinajstić information content (AvgIpc) is 2.67. The number of aldehydes is 1. The van der Waals surface area contributed by atoms with Gasteiger partial charge in [-0.1, -0.05) is 36.4 Å². The summed E-state index contributed by atoms with van der Waals surface area (Å²) in [5.74, 6) is 1.07. The molecule has 24 heavy (non-hydrogen) atoms. The maximum Gasteiger partial charge on any atom is 0.153 e. The van der Waals surface area contributed by atoms with Crippen LogP contribution in [0.1, 0.15) is 15.9 Å². The molecule has 3 rings (SSSR count). The van der Waals surface area contributed by atoms with Crippen LogP contribution in [0.15, 0.2) is 60.8 Å². The normalized spacial score (nSPS) is 10.2. The molecule has 0 radical (unpaired) electrons. The Hall–Kier alpha value is -3.21. The summed E-state index contributed by atoms with van der Waals surface area (Å²) in [6.45, 7) is 0.357. The van der Waals surface area contributed by atoms with Crippen LogP contribution < -0.4 is 9.47 Å². The highest BCUT2D eigenvalue weighted by Crippen LogP contribution is 2.33. The number of benzene rings is 2. The van der Waals surface area contributed by atoms with Crippen molar-refractivity contribution in [3.63, 3.8) is 0 Å². The summed E-state index contributed by atoms with van der Waals surface area (Å²) in [6, 6.07) is 16.9. The van der Waals surface area contributed by atoms with Crippen molar-refractivity contribution in [2.75, 3.05) is 7.11 Å². The van der Waals surface area contributed by atoms with Crippen molar-refractivity contribution in [2.45, 2.75) is 6.61 Å². The Labute approximate surface area is 139 Å². The second kappa shape index (κ2) is 7.37. The first-order valence-corrected chi connectivity index (χ1v) is 7.44. The minimum absolute atomic E-state index is 0.357. The van der Waals surface area contributed by atoms with Crippen molar-refractivity contribution in [3.05, 3.63) is 71.9 Å². The van der Waals surface area contributed by atoms with Gasteiger partial charge in [0.1, 0.15) is 23.8 Å². The topological polar surface area (TPSA) is 61.3 Å². The van der Waals surface area contributed by atoms with Crippen molar-refractivity contribution in [3.8, 4) is 22.8 Å². The van der Waals surface area contributed by atoms with E-state index in [-0.39, 0.29) is 0 Å². The largest absolute Gasteiger partial charge is 0.495 e. The molecule has 0 saturated carbocycles. The molecular weight excluding hydrogens is 304 g/mol. The molecule has 0 saturated heterocycles. The summed E-state index contributed by atoms with van der Waals surface area (Å²) in [5, 5.41) is 8.05. The van der Waals surface area contributed by atoms with Crippen LogP contribution in [0.4, 0.5) is 0 Å². The molecule has 0 N–H and O–H groups in total. The first-order chi connectivity index (χ1) is 11.8. The van der Waals surface area contributed by atoms with E-state index in [1.807, 2.05) is 36.4 Å². The molecule has 5 heteroatoms. The van der Waals surface area contributed by atoms with Gasteiger partial charge in [0.2, 0.25) is 0 Å². The number of hydrogen-bond acceptors (Lipinski definition) is 5. The van der Waals surface area contributed by atoms with Gasteiger partial charge >= 0.3 is 0 Å². The monoisotopic (exact) mass is 320 g/mol. The van der Waals surface area contributed by atoms with Crippen molar-refractivity contribution >= 4 is 6.29 Å². The molecule has 0 aliphatic rings. The third-order valence-corrected chi connectivity index (χ3v) is 3.54. The first-order valence-electron chi connectivity index (χ1n) is 7.44. The number of hydrogen-bond donors (Lipinski definition) is 0. The minimum atomic E-state index is 0.357. The van der Waals surface area contributed by atoms with E-state index < -0.39 is 0 Å². The Morgan fingerprint density at radius 2 is 1.92 bits per heavy atom. The molecule has 0 aliphatic carbocycles. The van der Waals surface area contributed by atoms with Crippen LogP contribution in [0, 0.1) is 0 Å². The van der Waals surface area contributed by atoms with Crippen LogP contribution in [0.2, 0.25) is 0 Å². The van der Waals surface area contributed by atoms with Crippen molar-refractivity contribution in [2.24, 2.45) is 0 Å². The van der Waals surface area contributed by atoms with E-state index in [4.69, 9.17) is 9.47 Å². The highest BCUT2D eigenvalue weighted by atomic mass is 16.5. The highest BCUT2D eigenvalue weighted by Gasteiger charge is 2.14. The molecule has 1 aromatic heterocycles. The molecule has 2 aromatic carbocycles. The summed E-state index contributed by atoms with van der Waals surface area (Å²) in [7, 11) is 1.56. The SMILES string of the molecule is COc1cnnc(-c2cccc(C=O)c2OCc2ccccc2)c1. The number of nitrogens with zero attached hydrogens (tertiary/aromatic N) is 2. The van der Waals surface area contributed by atoms with Gasteiger partial charge in [-0.2, -0.15) is 10.2 Å². The van der Waals surface area contributed by atoms with Gasteiger partial charge in [-0.3, -0.25) is 4.79 Å². The van der Waals surface area contributed by atoms with Gasteiger partial charge in [0.25, 0.3) is 0 Å². The van der Waals surface area contributed by atoms with Gasteiger partial charge in [0, 0.05) is 11.6 Å². The fraction of sp³-hybridized carbons (Fsp3) is 0.105. The maximum atomic E-state index is 11.4. The van der Waals surface area contributed by atoms with Crippen LogP contribution in [0.25, 0.3) is 11.3 Å². The first kappa shape index (κ1) is 15.7. The van der Waals surface area contributed by atoms with Gasteiger partial charge in [-0.05, 0) is 17.7 Å². The minimum Gasteiger partial charge on any atom is -0.495 e. The summed E-state index contributed by atoms with van der Waals surface area (Å²) in [5.41, 5.74) is 2.76. The van der Waals surface area contributed by atoms with E-state index in [0.717, 1.165) is 11.8 Å². The lowest BCUT2D eigenvalue weighted by Gasteiger charge is -2.13. The zero-order valence-electron chi connectivity index (χ0n) is 13.2. The molecule has 0 aliphatic heterocycles. The van der Waals surface area contributed by atoms with E-state index in [2.05, 4.69) is 10.2 Å². The Bertz CT molecular complexity index is 835. The quantitative estimate of drug-likeness (QED) is 0.650. The molecule has 120 valence electrons. The molecule has 0 amide bonds. The van der Waals surface area contributed by atoms with Crippen LogP contribution in [-0.4, -0.2) is 23.6 Å². The Morgan fingerprint density at radius 1 is 1.08 bits per heavy atom. The molecule has 0 atom stereocenters. The zero-order valence-corrected chi connectivity index (χ0v) is 13.2. The lowest BCUT2D eigenvalue weighted by atomic mass is 10.1. The standard InChI is InChI=1S/C19H16N2O3/c1-23-16-10-18(21-20-11-16)17-9-5-8-15(12-22)19(17)24-13-14-6-3-2-4-7-14/h2-12H,13H2,1H3. The lowest BCUT2D eigenvalue weighted by molar-refractivity contribution is 0.111. The van der Waals surface area contributed by atoms with Crippen LogP contribution in [0.5, 0.6) is 11.5 Å². The van der Waals surface area contributed by atoms with E-state index in [0.29, 0.717) is 34.9 Å². The van der Waals surface area contributed by atoms with E-state index in [1.165, 1.54) is 6.20 Å². The summed E-state index contributed by atoms with van der Waals surface area (Å²) in [4.78, 5) is 11.4. The number of aromatic nitrogens is 2. The number of carbonyl (C=O) groups is 1. The Morgan fingerprint density at radius 3 is 2.67 bits per heavy atom. The molecule has 5 nitrogen and oxygen atoms in total. The Kier molecular flexibility index (Phi) is 4.81. The van der Waals surface area contributed by atoms with E-state index in [9.17, 15) is 4.79 Å². The van der Waals surface area contributed by atoms with Crippen molar-refractivity contribution < 1.29 is 14.3 Å². The molecule has 3 aromatic rings. The van der Waals surface area contributed by atoms with Crippen LogP contribution in [-0.2, 0) is 6.61 Å². The van der Waals surface area contributed by atoms with Gasteiger partial charge in [0.15, 0.2) is 6.29 Å². The highest BCUT2D eigenvalue weighted by molar-refractivity contribution is 5.85. The second-order valence-corrected chi connectivity index (χ2v) is 5.10. The summed E-state index contributed by atoms with van der Waals surface area (Å²) < 4.78 is 11.1. The summed E-state index contributed by atoms with van der Waals surface area (Å²) in [6.07, 6.45) is 2.30. The number of para-hydroxylation sites is 1. The molecule has 1 heterocycles. The molecular formula is C19H16N2O3. The van der Waals surface area contributed by atoms with Gasteiger partial charge in [-0.25, -0.2) is 0 Å². The van der Waals surface area contributed by atoms with Crippen LogP contribution in [0.3, 0.4) is 0 Å². The van der Waals surface area contributed by atoms with Crippen LogP contribution >= 0.6 is 0 Å². The maximum absolute atomic E-state index is 11.4. The molecule has 0 fully saturated rings. The predicted molar refractivity (Wildman–Crippen MR) is 90.2 cm³/mol. The molecule has 0 bridgehead atoms. The molecule has 0 unspecified atom stereocenters. The third kappa shape index (κ3) is 3.41. The second-order valence-electron chi connectivity index (χ2n) is 5.10. The number of methoxy groups -OCH3 is 1. The van der Waals surface area contributed by atoms with Gasteiger partial charge in [0.05, 0.1) is 18.9 Å². The lowest BCUT2D eigenvalue weighted by Crippen LogP contribution is -2.01. The smallest absolute Gasteiger partial charge is 0.153 e. The Balaban J connectivity index is 1.98. The fourth-order valence-corrected chi connectivity index (χ4v) is 2.33. The van der Waals surface area contributed by atoms with Gasteiger partial charge in [-0.15, -0.1) is 0 Å². The number of carbonyl (C=O) groups excluding carboxylic acids is 1. The van der Waals surface area contributed by atoms with E-state index >= 15 is 0 Å².